The molecule has 0 aliphatic heterocycles. The number of halogens is 1. The first-order valence-corrected chi connectivity index (χ1v) is 7.75. The van der Waals surface area contributed by atoms with Gasteiger partial charge in [-0.2, -0.15) is 5.10 Å². The van der Waals surface area contributed by atoms with Gasteiger partial charge in [0.05, 0.1) is 18.2 Å². The molecule has 0 fully saturated rings. The lowest BCUT2D eigenvalue weighted by Gasteiger charge is -2.09. The lowest BCUT2D eigenvalue weighted by atomic mass is 10.2. The van der Waals surface area contributed by atoms with Gasteiger partial charge < -0.3 is 5.11 Å². The Morgan fingerprint density at radius 3 is 2.85 bits per heavy atom. The summed E-state index contributed by atoms with van der Waals surface area (Å²) in [5.74, 6) is 0. The molecule has 6 nitrogen and oxygen atoms in total. The van der Waals surface area contributed by atoms with Crippen LogP contribution in [0.3, 0.4) is 0 Å². The number of nitrogens with one attached hydrogen (secondary N) is 1. The zero-order chi connectivity index (χ0) is 14.6. The fourth-order valence-electron chi connectivity index (χ4n) is 1.66. The molecule has 2 rings (SSSR count). The van der Waals surface area contributed by atoms with Gasteiger partial charge in [0.2, 0.25) is 10.0 Å². The summed E-state index contributed by atoms with van der Waals surface area (Å²) in [6.45, 7) is 0.375. The topological polar surface area (TPSA) is 84.2 Å². The van der Waals surface area contributed by atoms with Crippen molar-refractivity contribution in [2.45, 2.75) is 18.0 Å². The number of aromatic nitrogens is 2. The molecule has 108 valence electrons. The van der Waals surface area contributed by atoms with Crippen LogP contribution in [0.2, 0.25) is 5.02 Å². The Morgan fingerprint density at radius 2 is 2.20 bits per heavy atom. The van der Waals surface area contributed by atoms with Crippen LogP contribution in [0.1, 0.15) is 5.56 Å². The molecule has 0 spiro atoms. The van der Waals surface area contributed by atoms with Crippen molar-refractivity contribution in [2.24, 2.45) is 0 Å². The molecule has 0 aliphatic carbocycles. The molecular weight excluding hydrogens is 302 g/mol. The summed E-state index contributed by atoms with van der Waals surface area (Å²) in [5, 5.41) is 13.1. The van der Waals surface area contributed by atoms with E-state index in [1.807, 2.05) is 0 Å². The average molecular weight is 316 g/mol. The highest BCUT2D eigenvalue weighted by atomic mass is 35.5. The molecule has 0 saturated carbocycles. The van der Waals surface area contributed by atoms with E-state index in [1.54, 1.807) is 29.2 Å². The predicted octanol–water partition coefficient (Wildman–Crippen LogP) is 1.01. The number of aliphatic hydroxyl groups excluding tert-OH is 1. The van der Waals surface area contributed by atoms with Gasteiger partial charge in [-0.3, -0.25) is 4.68 Å². The summed E-state index contributed by atoms with van der Waals surface area (Å²) in [4.78, 5) is -0.0359. The Balaban J connectivity index is 2.09. The van der Waals surface area contributed by atoms with Gasteiger partial charge in [-0.05, 0) is 23.8 Å². The SMILES string of the molecule is O=S(=O)(NCCn1cccn1)c1cc(CO)ccc1Cl. The van der Waals surface area contributed by atoms with Gasteiger partial charge in [0.15, 0.2) is 0 Å². The third kappa shape index (κ3) is 3.57. The van der Waals surface area contributed by atoms with Gasteiger partial charge in [-0.15, -0.1) is 0 Å². The lowest BCUT2D eigenvalue weighted by molar-refractivity contribution is 0.281. The number of nitrogens with zero attached hydrogens (tertiary/aromatic N) is 2. The minimum Gasteiger partial charge on any atom is -0.392 e. The molecule has 0 unspecified atom stereocenters. The Bertz CT molecular complexity index is 671. The first-order chi connectivity index (χ1) is 9.53. The normalized spacial score (nSPS) is 11.7. The molecular formula is C12H14ClN3O3S. The van der Waals surface area contributed by atoms with Crippen LogP contribution in [-0.2, 0) is 23.2 Å². The number of aliphatic hydroxyl groups is 1. The van der Waals surface area contributed by atoms with Crippen molar-refractivity contribution in [3.8, 4) is 0 Å². The van der Waals surface area contributed by atoms with Gasteiger partial charge in [0.25, 0.3) is 0 Å². The van der Waals surface area contributed by atoms with Crippen molar-refractivity contribution >= 4 is 21.6 Å². The number of sulfonamides is 1. The number of hydrogen-bond donors (Lipinski definition) is 2. The molecule has 0 aliphatic rings. The molecule has 1 heterocycles. The summed E-state index contributed by atoms with van der Waals surface area (Å²) in [7, 11) is -3.71. The van der Waals surface area contributed by atoms with Gasteiger partial charge in [0, 0.05) is 18.9 Å². The zero-order valence-corrected chi connectivity index (χ0v) is 12.1. The van der Waals surface area contributed by atoms with Crippen LogP contribution in [-0.4, -0.2) is 29.8 Å². The largest absolute Gasteiger partial charge is 0.392 e. The minimum absolute atomic E-state index is 0.0359. The van der Waals surface area contributed by atoms with Crippen molar-refractivity contribution in [3.05, 3.63) is 47.2 Å². The van der Waals surface area contributed by atoms with Crippen molar-refractivity contribution in [2.75, 3.05) is 6.54 Å². The second-order valence-electron chi connectivity index (χ2n) is 4.09. The van der Waals surface area contributed by atoms with Crippen LogP contribution in [0.15, 0.2) is 41.6 Å². The molecule has 0 radical (unpaired) electrons. The Labute approximate surface area is 122 Å². The summed E-state index contributed by atoms with van der Waals surface area (Å²) in [5.41, 5.74) is 0.488. The highest BCUT2D eigenvalue weighted by Crippen LogP contribution is 2.22. The summed E-state index contributed by atoms with van der Waals surface area (Å²) in [6, 6.07) is 6.15. The van der Waals surface area contributed by atoms with E-state index < -0.39 is 10.0 Å². The smallest absolute Gasteiger partial charge is 0.242 e. The van der Waals surface area contributed by atoms with E-state index in [-0.39, 0.29) is 23.1 Å². The Hall–Kier alpha value is -1.41. The maximum atomic E-state index is 12.1. The van der Waals surface area contributed by atoms with Gasteiger partial charge in [-0.25, -0.2) is 13.1 Å². The molecule has 0 amide bonds. The van der Waals surface area contributed by atoms with Gasteiger partial charge in [-0.1, -0.05) is 17.7 Å². The van der Waals surface area contributed by atoms with Crippen molar-refractivity contribution < 1.29 is 13.5 Å². The highest BCUT2D eigenvalue weighted by molar-refractivity contribution is 7.89. The number of benzene rings is 1. The summed E-state index contributed by atoms with van der Waals surface area (Å²) >= 11 is 5.90. The van der Waals surface area contributed by atoms with Crippen LogP contribution in [0.5, 0.6) is 0 Å². The van der Waals surface area contributed by atoms with Gasteiger partial charge >= 0.3 is 0 Å². The molecule has 0 atom stereocenters. The van der Waals surface area contributed by atoms with E-state index in [1.165, 1.54) is 12.1 Å². The number of rotatable bonds is 6. The summed E-state index contributed by atoms with van der Waals surface area (Å²) in [6.07, 6.45) is 3.36. The Kier molecular flexibility index (Phi) is 4.77. The fourth-order valence-corrected chi connectivity index (χ4v) is 3.23. The second-order valence-corrected chi connectivity index (χ2v) is 6.23. The van der Waals surface area contributed by atoms with E-state index in [4.69, 9.17) is 16.7 Å². The fraction of sp³-hybridized carbons (Fsp3) is 0.250. The van der Waals surface area contributed by atoms with E-state index in [9.17, 15) is 8.42 Å². The van der Waals surface area contributed by atoms with E-state index in [2.05, 4.69) is 9.82 Å². The van der Waals surface area contributed by atoms with E-state index in [0.29, 0.717) is 12.1 Å². The lowest BCUT2D eigenvalue weighted by Crippen LogP contribution is -2.28. The third-order valence-electron chi connectivity index (χ3n) is 2.66. The van der Waals surface area contributed by atoms with Crippen LogP contribution in [0.25, 0.3) is 0 Å². The zero-order valence-electron chi connectivity index (χ0n) is 10.5. The number of hydrogen-bond acceptors (Lipinski definition) is 4. The van der Waals surface area contributed by atoms with Crippen LogP contribution in [0.4, 0.5) is 0 Å². The van der Waals surface area contributed by atoms with Crippen molar-refractivity contribution in [3.63, 3.8) is 0 Å². The highest BCUT2D eigenvalue weighted by Gasteiger charge is 2.17. The molecule has 1 aromatic heterocycles. The third-order valence-corrected chi connectivity index (χ3v) is 4.60. The first-order valence-electron chi connectivity index (χ1n) is 5.89. The van der Waals surface area contributed by atoms with E-state index in [0.717, 1.165) is 0 Å². The van der Waals surface area contributed by atoms with Crippen molar-refractivity contribution in [1.82, 2.24) is 14.5 Å². The first kappa shape index (κ1) is 15.0. The molecule has 2 aromatic rings. The van der Waals surface area contributed by atoms with Gasteiger partial charge in [0.1, 0.15) is 4.90 Å². The molecule has 0 bridgehead atoms. The molecule has 20 heavy (non-hydrogen) atoms. The van der Waals surface area contributed by atoms with Crippen LogP contribution < -0.4 is 4.72 Å². The molecule has 1 aromatic carbocycles. The average Bonchev–Trinajstić information content (AvgIpc) is 2.92. The van der Waals surface area contributed by atoms with Crippen molar-refractivity contribution in [1.29, 1.82) is 0 Å². The maximum Gasteiger partial charge on any atom is 0.242 e. The minimum atomic E-state index is -3.71. The predicted molar refractivity (Wildman–Crippen MR) is 74.8 cm³/mol. The molecule has 0 saturated heterocycles. The monoisotopic (exact) mass is 315 g/mol. The molecule has 2 N–H and O–H groups in total. The summed E-state index contributed by atoms with van der Waals surface area (Å²) < 4.78 is 28.4. The molecule has 8 heteroatoms. The standard InChI is InChI=1S/C12H14ClN3O3S/c13-11-3-2-10(9-17)8-12(11)20(18,19)15-5-7-16-6-1-4-14-16/h1-4,6,8,15,17H,5,7,9H2. The van der Waals surface area contributed by atoms with E-state index >= 15 is 0 Å². The Morgan fingerprint density at radius 1 is 1.40 bits per heavy atom. The second kappa shape index (κ2) is 6.36. The van der Waals surface area contributed by atoms with Crippen LogP contribution >= 0.6 is 11.6 Å². The quantitative estimate of drug-likeness (QED) is 0.833. The maximum absolute atomic E-state index is 12.1. The van der Waals surface area contributed by atoms with Crippen LogP contribution in [0, 0.1) is 0 Å².